The number of hydrogen-bond donors (Lipinski definition) is 3. The number of amides is 2. The van der Waals surface area contributed by atoms with Gasteiger partial charge in [-0.2, -0.15) is 0 Å². The van der Waals surface area contributed by atoms with Crippen molar-refractivity contribution in [3.63, 3.8) is 0 Å². The highest BCUT2D eigenvalue weighted by molar-refractivity contribution is 6.30. The average molecular weight is 388 g/mol. The number of carbonyl (C=O) groups excluding carboxylic acids is 2. The van der Waals surface area contributed by atoms with Crippen LogP contribution in [0.25, 0.3) is 0 Å². The molecule has 1 heterocycles. The summed E-state index contributed by atoms with van der Waals surface area (Å²) in [5, 5.41) is 20.9. The largest absolute Gasteiger partial charge is 0.395 e. The van der Waals surface area contributed by atoms with Crippen LogP contribution < -0.4 is 5.32 Å². The fourth-order valence-electron chi connectivity index (χ4n) is 2.94. The quantitative estimate of drug-likeness (QED) is 0.583. The summed E-state index contributed by atoms with van der Waals surface area (Å²) in [5.74, 6) is -1.13. The molecule has 2 amide bonds. The van der Waals surface area contributed by atoms with Gasteiger partial charge in [0, 0.05) is 32.7 Å². The normalized spacial score (nSPS) is 17.8. The van der Waals surface area contributed by atoms with E-state index in [1.165, 1.54) is 17.0 Å². The summed E-state index contributed by atoms with van der Waals surface area (Å²) in [7, 11) is 0. The second-order valence-electron chi connectivity index (χ2n) is 6.06. The fourth-order valence-corrected chi connectivity index (χ4v) is 3.06. The van der Waals surface area contributed by atoms with Crippen LogP contribution in [0.2, 0.25) is 5.02 Å². The van der Waals surface area contributed by atoms with Crippen molar-refractivity contribution >= 4 is 23.4 Å². The average Bonchev–Trinajstić information content (AvgIpc) is 2.61. The van der Waals surface area contributed by atoms with Crippen LogP contribution in [0, 0.1) is 5.82 Å². The summed E-state index contributed by atoms with van der Waals surface area (Å²) >= 11 is 5.69. The Balaban J connectivity index is 2.10. The second kappa shape index (κ2) is 9.82. The molecule has 7 nitrogen and oxygen atoms in total. The number of nitrogens with zero attached hydrogens (tertiary/aromatic N) is 2. The predicted octanol–water partition coefficient (Wildman–Crippen LogP) is -0.0172. The predicted molar refractivity (Wildman–Crippen MR) is 94.0 cm³/mol. The van der Waals surface area contributed by atoms with E-state index in [0.29, 0.717) is 25.2 Å². The van der Waals surface area contributed by atoms with Gasteiger partial charge in [-0.3, -0.25) is 14.5 Å². The molecule has 144 valence electrons. The van der Waals surface area contributed by atoms with Gasteiger partial charge >= 0.3 is 0 Å². The molecular weight excluding hydrogens is 365 g/mol. The van der Waals surface area contributed by atoms with Crippen molar-refractivity contribution in [1.82, 2.24) is 15.1 Å². The summed E-state index contributed by atoms with van der Waals surface area (Å²) in [6.07, 6.45) is -0.0814. The Morgan fingerprint density at radius 3 is 2.65 bits per heavy atom. The van der Waals surface area contributed by atoms with Gasteiger partial charge in [0.25, 0.3) is 0 Å². The number of carbonyl (C=O) groups is 2. The highest BCUT2D eigenvalue weighted by Crippen LogP contribution is 2.19. The highest BCUT2D eigenvalue weighted by Gasteiger charge is 2.32. The SMILES string of the molecule is O=C1NCCN(Cc2ccc(Cl)c(F)c2)[C@@H]1CC(=O)N(CCO)CCO. The first-order valence-electron chi connectivity index (χ1n) is 8.41. The van der Waals surface area contributed by atoms with Crippen LogP contribution in [0.15, 0.2) is 18.2 Å². The Hall–Kier alpha value is -1.74. The number of benzene rings is 1. The molecule has 1 atom stereocenters. The van der Waals surface area contributed by atoms with Gasteiger partial charge in [0.2, 0.25) is 11.8 Å². The number of aliphatic hydroxyl groups is 2. The van der Waals surface area contributed by atoms with E-state index in [4.69, 9.17) is 21.8 Å². The number of hydrogen-bond acceptors (Lipinski definition) is 5. The fraction of sp³-hybridized carbons (Fsp3) is 0.529. The summed E-state index contributed by atoms with van der Waals surface area (Å²) < 4.78 is 13.7. The number of aliphatic hydroxyl groups excluding tert-OH is 2. The zero-order chi connectivity index (χ0) is 19.1. The van der Waals surface area contributed by atoms with Crippen LogP contribution >= 0.6 is 11.6 Å². The molecule has 0 spiro atoms. The standard InChI is InChI=1S/C17H23ClFN3O4/c18-13-2-1-12(9-14(13)19)11-22-4-3-20-17(26)15(22)10-16(25)21(5-7-23)6-8-24/h1-2,9,15,23-24H,3-8,10-11H2,(H,20,26)/t15-/m1/s1. The van der Waals surface area contributed by atoms with Gasteiger partial charge in [-0.1, -0.05) is 17.7 Å². The molecule has 0 aromatic heterocycles. The molecule has 1 aliphatic heterocycles. The van der Waals surface area contributed by atoms with Gasteiger partial charge in [-0.15, -0.1) is 0 Å². The Kier molecular flexibility index (Phi) is 7.77. The maximum atomic E-state index is 13.7. The first-order valence-corrected chi connectivity index (χ1v) is 8.79. The van der Waals surface area contributed by atoms with Gasteiger partial charge < -0.3 is 20.4 Å². The molecule has 9 heteroatoms. The van der Waals surface area contributed by atoms with Crippen LogP contribution in [-0.4, -0.2) is 77.3 Å². The van der Waals surface area contributed by atoms with Crippen molar-refractivity contribution in [3.8, 4) is 0 Å². The van der Waals surface area contributed by atoms with Gasteiger partial charge in [0.15, 0.2) is 0 Å². The molecule has 0 unspecified atom stereocenters. The minimum absolute atomic E-state index is 0.0283. The van der Waals surface area contributed by atoms with Crippen LogP contribution in [0.5, 0.6) is 0 Å². The smallest absolute Gasteiger partial charge is 0.237 e. The number of halogens is 2. The van der Waals surface area contributed by atoms with E-state index in [2.05, 4.69) is 5.32 Å². The first-order chi connectivity index (χ1) is 12.5. The van der Waals surface area contributed by atoms with E-state index >= 15 is 0 Å². The summed E-state index contributed by atoms with van der Waals surface area (Å²) in [6.45, 7) is 1.00. The number of piperazine rings is 1. The summed E-state index contributed by atoms with van der Waals surface area (Å²) in [5.41, 5.74) is 0.654. The summed E-state index contributed by atoms with van der Waals surface area (Å²) in [4.78, 5) is 27.9. The summed E-state index contributed by atoms with van der Waals surface area (Å²) in [6, 6.07) is 3.76. The Morgan fingerprint density at radius 2 is 2.04 bits per heavy atom. The van der Waals surface area contributed by atoms with Gasteiger partial charge in [0.1, 0.15) is 5.82 Å². The maximum Gasteiger partial charge on any atom is 0.237 e. The first kappa shape index (κ1) is 20.6. The minimum Gasteiger partial charge on any atom is -0.395 e. The maximum absolute atomic E-state index is 13.7. The Morgan fingerprint density at radius 1 is 1.35 bits per heavy atom. The van der Waals surface area contributed by atoms with Crippen LogP contribution in [-0.2, 0) is 16.1 Å². The van der Waals surface area contributed by atoms with Crippen molar-refractivity contribution in [2.75, 3.05) is 39.4 Å². The lowest BCUT2D eigenvalue weighted by atomic mass is 10.1. The van der Waals surface area contributed by atoms with Crippen molar-refractivity contribution in [3.05, 3.63) is 34.6 Å². The van der Waals surface area contributed by atoms with Crippen molar-refractivity contribution in [1.29, 1.82) is 0 Å². The highest BCUT2D eigenvalue weighted by atomic mass is 35.5. The molecule has 0 saturated carbocycles. The van der Waals surface area contributed by atoms with E-state index < -0.39 is 11.9 Å². The molecule has 0 aliphatic carbocycles. The molecule has 0 radical (unpaired) electrons. The van der Waals surface area contributed by atoms with Crippen LogP contribution in [0.4, 0.5) is 4.39 Å². The van der Waals surface area contributed by atoms with Crippen LogP contribution in [0.1, 0.15) is 12.0 Å². The number of rotatable bonds is 8. The molecule has 1 aromatic carbocycles. The molecule has 1 aromatic rings. The third-order valence-electron chi connectivity index (χ3n) is 4.27. The number of nitrogens with one attached hydrogen (secondary N) is 1. The molecule has 1 fully saturated rings. The minimum atomic E-state index is -0.699. The van der Waals surface area contributed by atoms with Crippen molar-refractivity contribution in [2.45, 2.75) is 19.0 Å². The zero-order valence-electron chi connectivity index (χ0n) is 14.3. The third kappa shape index (κ3) is 5.38. The molecule has 1 aliphatic rings. The third-order valence-corrected chi connectivity index (χ3v) is 4.58. The Labute approximate surface area is 156 Å². The van der Waals surface area contributed by atoms with Gasteiger partial charge in [0.05, 0.1) is 30.7 Å². The van der Waals surface area contributed by atoms with E-state index in [9.17, 15) is 14.0 Å². The van der Waals surface area contributed by atoms with Crippen molar-refractivity contribution in [2.24, 2.45) is 0 Å². The molecule has 26 heavy (non-hydrogen) atoms. The molecule has 0 bridgehead atoms. The van der Waals surface area contributed by atoms with E-state index in [-0.39, 0.29) is 49.6 Å². The van der Waals surface area contributed by atoms with Gasteiger partial charge in [-0.25, -0.2) is 4.39 Å². The van der Waals surface area contributed by atoms with E-state index in [0.717, 1.165) is 0 Å². The Bertz CT molecular complexity index is 640. The molecule has 3 N–H and O–H groups in total. The lowest BCUT2D eigenvalue weighted by Gasteiger charge is -2.35. The monoisotopic (exact) mass is 387 g/mol. The molecule has 2 rings (SSSR count). The zero-order valence-corrected chi connectivity index (χ0v) is 15.1. The van der Waals surface area contributed by atoms with Crippen molar-refractivity contribution < 1.29 is 24.2 Å². The van der Waals surface area contributed by atoms with Gasteiger partial charge in [-0.05, 0) is 17.7 Å². The van der Waals surface area contributed by atoms with Crippen LogP contribution in [0.3, 0.4) is 0 Å². The lowest BCUT2D eigenvalue weighted by molar-refractivity contribution is -0.139. The lowest BCUT2D eigenvalue weighted by Crippen LogP contribution is -2.56. The topological polar surface area (TPSA) is 93.1 Å². The van der Waals surface area contributed by atoms with E-state index in [1.54, 1.807) is 6.07 Å². The molecule has 1 saturated heterocycles. The molecular formula is C17H23ClFN3O4. The second-order valence-corrected chi connectivity index (χ2v) is 6.47. The van der Waals surface area contributed by atoms with E-state index in [1.807, 2.05) is 4.90 Å².